The largest absolute Gasteiger partial charge is 0.461 e. The molecule has 4 saturated carbocycles. The topological polar surface area (TPSA) is 82.1 Å². The number of hydrogen-bond donors (Lipinski definition) is 1. The van der Waals surface area contributed by atoms with Gasteiger partial charge in [0.2, 0.25) is 0 Å². The molecule has 1 unspecified atom stereocenters. The lowest BCUT2D eigenvalue weighted by Crippen LogP contribution is -2.58. The number of allylic oxidation sites excluding steroid dienone is 1. The fourth-order valence-corrected chi connectivity index (χ4v) is 12.4. The van der Waals surface area contributed by atoms with Crippen LogP contribution in [0.1, 0.15) is 73.6 Å². The van der Waals surface area contributed by atoms with Crippen LogP contribution in [0.4, 0.5) is 0 Å². The van der Waals surface area contributed by atoms with E-state index < -0.39 is 5.60 Å². The summed E-state index contributed by atoms with van der Waals surface area (Å²) in [6, 6.07) is 0. The number of aliphatic hydroxyl groups is 1. The Labute approximate surface area is 213 Å². The van der Waals surface area contributed by atoms with Crippen LogP contribution in [0.3, 0.4) is 0 Å². The lowest BCUT2D eigenvalue weighted by Gasteiger charge is -2.53. The van der Waals surface area contributed by atoms with E-state index in [-0.39, 0.29) is 82.2 Å². The van der Waals surface area contributed by atoms with Gasteiger partial charge in [-0.2, -0.15) is 0 Å². The third-order valence-corrected chi connectivity index (χ3v) is 13.3. The minimum absolute atomic E-state index is 0.0238. The van der Waals surface area contributed by atoms with E-state index in [0.717, 1.165) is 25.7 Å². The summed E-state index contributed by atoms with van der Waals surface area (Å²) in [5.74, 6) is 1.10. The molecular formula is C30H40O6. The van der Waals surface area contributed by atoms with Gasteiger partial charge in [-0.25, -0.2) is 0 Å². The smallest absolute Gasteiger partial charge is 0.309 e. The molecule has 0 spiro atoms. The van der Waals surface area contributed by atoms with E-state index in [1.165, 1.54) is 11.1 Å². The van der Waals surface area contributed by atoms with Crippen LogP contribution in [-0.2, 0) is 23.8 Å². The number of carbonyl (C=O) groups excluding carboxylic acids is 2. The average molecular weight is 497 g/mol. The van der Waals surface area contributed by atoms with E-state index in [2.05, 4.69) is 27.7 Å². The second-order valence-electron chi connectivity index (χ2n) is 14.6. The zero-order chi connectivity index (χ0) is 25.3. The summed E-state index contributed by atoms with van der Waals surface area (Å²) in [4.78, 5) is 25.8. The Morgan fingerprint density at radius 1 is 0.889 bits per heavy atom. The van der Waals surface area contributed by atoms with Gasteiger partial charge in [0.1, 0.15) is 12.2 Å². The molecule has 6 nitrogen and oxygen atoms in total. The van der Waals surface area contributed by atoms with Crippen molar-refractivity contribution >= 4 is 11.9 Å². The van der Waals surface area contributed by atoms with Crippen molar-refractivity contribution in [2.75, 3.05) is 0 Å². The molecule has 36 heavy (non-hydrogen) atoms. The summed E-state index contributed by atoms with van der Waals surface area (Å²) in [7, 11) is 0. The fourth-order valence-electron chi connectivity index (χ4n) is 12.4. The quantitative estimate of drug-likeness (QED) is 0.403. The number of fused-ring (bicyclic) bond motifs is 7. The normalized spacial score (nSPS) is 63.9. The summed E-state index contributed by atoms with van der Waals surface area (Å²) in [5.41, 5.74) is 0.769. The van der Waals surface area contributed by atoms with Gasteiger partial charge in [-0.3, -0.25) is 9.59 Å². The third kappa shape index (κ3) is 2.10. The maximum Gasteiger partial charge on any atom is 0.309 e. The Balaban J connectivity index is 1.37. The van der Waals surface area contributed by atoms with Gasteiger partial charge in [0.25, 0.3) is 0 Å². The zero-order valence-electron chi connectivity index (χ0n) is 22.4. The Morgan fingerprint density at radius 3 is 2.31 bits per heavy atom. The van der Waals surface area contributed by atoms with Crippen molar-refractivity contribution in [1.82, 2.24) is 0 Å². The minimum Gasteiger partial charge on any atom is -0.461 e. The molecule has 0 aromatic heterocycles. The van der Waals surface area contributed by atoms with Crippen LogP contribution >= 0.6 is 0 Å². The number of rotatable bonds is 0. The van der Waals surface area contributed by atoms with Gasteiger partial charge >= 0.3 is 11.9 Å². The maximum atomic E-state index is 13.0. The summed E-state index contributed by atoms with van der Waals surface area (Å²) >= 11 is 0. The summed E-state index contributed by atoms with van der Waals surface area (Å²) in [5, 5.41) is 12.1. The molecule has 0 radical (unpaired) electrons. The Kier molecular flexibility index (Phi) is 3.92. The average Bonchev–Trinajstić information content (AvgIpc) is 3.51. The Morgan fingerprint density at radius 2 is 1.56 bits per heavy atom. The van der Waals surface area contributed by atoms with E-state index in [1.807, 2.05) is 13.8 Å². The van der Waals surface area contributed by atoms with Crippen molar-refractivity contribution in [3.8, 4) is 0 Å². The van der Waals surface area contributed by atoms with Gasteiger partial charge in [0.15, 0.2) is 0 Å². The molecule has 3 aliphatic heterocycles. The van der Waals surface area contributed by atoms with Gasteiger partial charge in [-0.05, 0) is 83.1 Å². The van der Waals surface area contributed by atoms with Gasteiger partial charge in [0, 0.05) is 29.1 Å². The van der Waals surface area contributed by atoms with Gasteiger partial charge < -0.3 is 19.3 Å². The first-order valence-corrected chi connectivity index (χ1v) is 14.4. The molecule has 7 fully saturated rings. The number of esters is 2. The molecule has 0 amide bonds. The van der Waals surface area contributed by atoms with Gasteiger partial charge in [-0.15, -0.1) is 0 Å². The highest BCUT2D eigenvalue weighted by atomic mass is 16.6. The lowest BCUT2D eigenvalue weighted by atomic mass is 9.55. The van der Waals surface area contributed by atoms with E-state index in [1.54, 1.807) is 0 Å². The molecule has 3 saturated heterocycles. The molecule has 5 aliphatic carbocycles. The summed E-state index contributed by atoms with van der Waals surface area (Å²) in [6.45, 7) is 12.9. The van der Waals surface area contributed by atoms with Crippen LogP contribution in [0.2, 0.25) is 0 Å². The van der Waals surface area contributed by atoms with Crippen molar-refractivity contribution in [3.63, 3.8) is 0 Å². The monoisotopic (exact) mass is 496 g/mol. The first-order valence-electron chi connectivity index (χ1n) is 14.4. The molecule has 8 aliphatic rings. The number of carbonyl (C=O) groups is 2. The third-order valence-electron chi connectivity index (χ3n) is 13.3. The first kappa shape index (κ1) is 22.6. The van der Waals surface area contributed by atoms with Crippen LogP contribution in [0.25, 0.3) is 0 Å². The van der Waals surface area contributed by atoms with Gasteiger partial charge in [-0.1, -0.05) is 19.4 Å². The SMILES string of the molecule is CC1=C2[C@H]3OC(=O)[C@H](C)[C@@H]3CC[C@@](C)(O)[C@@H]2[C@H]2[C@H]3CC4(C)O[C@@]5(C)CC[C@H]6[C@H](C)C(=O)O[C@@H]6[C@@]4([C@@H]35)[C@@H]12. The van der Waals surface area contributed by atoms with Gasteiger partial charge in [0.05, 0.1) is 28.6 Å². The van der Waals surface area contributed by atoms with Crippen LogP contribution in [0.15, 0.2) is 11.1 Å². The van der Waals surface area contributed by atoms with E-state index in [9.17, 15) is 14.7 Å². The highest BCUT2D eigenvalue weighted by Crippen LogP contribution is 2.85. The zero-order valence-corrected chi connectivity index (χ0v) is 22.4. The first-order chi connectivity index (χ1) is 16.9. The van der Waals surface area contributed by atoms with E-state index in [4.69, 9.17) is 14.2 Å². The van der Waals surface area contributed by atoms with E-state index in [0.29, 0.717) is 18.3 Å². The molecule has 6 heteroatoms. The highest BCUT2D eigenvalue weighted by molar-refractivity contribution is 5.76. The van der Waals surface area contributed by atoms with Crippen molar-refractivity contribution in [1.29, 1.82) is 0 Å². The minimum atomic E-state index is -0.848. The van der Waals surface area contributed by atoms with Crippen molar-refractivity contribution < 1.29 is 28.9 Å². The molecule has 15 atom stereocenters. The molecule has 5 bridgehead atoms. The number of ether oxygens (including phenoxy) is 3. The predicted molar refractivity (Wildman–Crippen MR) is 129 cm³/mol. The second kappa shape index (κ2) is 6.25. The van der Waals surface area contributed by atoms with Crippen LogP contribution in [0.5, 0.6) is 0 Å². The highest BCUT2D eigenvalue weighted by Gasteiger charge is 2.89. The molecule has 1 N–H and O–H groups in total. The van der Waals surface area contributed by atoms with Crippen LogP contribution in [-0.4, -0.2) is 46.1 Å². The van der Waals surface area contributed by atoms with Crippen LogP contribution < -0.4 is 0 Å². The van der Waals surface area contributed by atoms with Crippen molar-refractivity contribution in [3.05, 3.63) is 11.1 Å². The second-order valence-corrected chi connectivity index (χ2v) is 14.6. The Hall–Kier alpha value is -1.40. The Bertz CT molecular complexity index is 1140. The lowest BCUT2D eigenvalue weighted by molar-refractivity contribution is -0.207. The summed E-state index contributed by atoms with van der Waals surface area (Å²) in [6.07, 6.45) is 3.99. The van der Waals surface area contributed by atoms with E-state index >= 15 is 0 Å². The molecular weight excluding hydrogens is 456 g/mol. The molecule has 8 rings (SSSR count). The van der Waals surface area contributed by atoms with Crippen LogP contribution in [0, 0.1) is 58.7 Å². The van der Waals surface area contributed by atoms with Crippen molar-refractivity contribution in [2.45, 2.75) is 103 Å². The molecule has 3 heterocycles. The molecule has 196 valence electrons. The predicted octanol–water partition coefficient (Wildman–Crippen LogP) is 4.04. The van der Waals surface area contributed by atoms with Crippen molar-refractivity contribution in [2.24, 2.45) is 58.7 Å². The number of hydrogen-bond acceptors (Lipinski definition) is 6. The fraction of sp³-hybridized carbons (Fsp3) is 0.867. The molecule has 0 aromatic carbocycles. The maximum absolute atomic E-state index is 13.0. The summed E-state index contributed by atoms with van der Waals surface area (Å²) < 4.78 is 19.6. The molecule has 0 aromatic rings. The standard InChI is InChI=1S/C30H40O6/c1-12-15-7-9-27(4,33)21-18(22(15)34-25(12)31)14(3)20-19(21)17-11-29(6)30(20)23(17)28(5,36-29)10-8-16-13(2)26(32)35-24(16)30/h12-13,15-17,19-24,33H,7-11H2,1-6H3/t12-,13+,15+,16+,17-,19+,20+,21+,22+,23+,24+,27-,28+,29?,30+/m1/s1.